The van der Waals surface area contributed by atoms with E-state index in [1.165, 1.54) is 24.8 Å². The van der Waals surface area contributed by atoms with E-state index in [9.17, 15) is 5.11 Å². The summed E-state index contributed by atoms with van der Waals surface area (Å²) in [5.74, 6) is 0. The average Bonchev–Trinajstić information content (AvgIpc) is 2.08. The predicted octanol–water partition coefficient (Wildman–Crippen LogP) is 3.82. The summed E-state index contributed by atoms with van der Waals surface area (Å²) >= 11 is 0. The monoisotopic (exact) mass is 214 g/mol. The first-order chi connectivity index (χ1) is 6.49. The molecule has 0 aliphatic carbocycles. The van der Waals surface area contributed by atoms with Crippen molar-refractivity contribution >= 4 is 8.07 Å². The number of aliphatic hydroxyl groups is 1. The number of hydrogen-bond acceptors (Lipinski definition) is 1. The lowest BCUT2D eigenvalue weighted by molar-refractivity contribution is 0.330. The van der Waals surface area contributed by atoms with E-state index in [0.717, 1.165) is 12.5 Å². The van der Waals surface area contributed by atoms with E-state index in [-0.39, 0.29) is 6.61 Å². The fourth-order valence-corrected chi connectivity index (χ4v) is 3.19. The Bertz CT molecular complexity index is 168. The van der Waals surface area contributed by atoms with E-state index in [0.29, 0.717) is 0 Å². The Morgan fingerprint density at radius 3 is 2.29 bits per heavy atom. The van der Waals surface area contributed by atoms with Crippen LogP contribution in [0.1, 0.15) is 32.6 Å². The highest BCUT2D eigenvalue weighted by molar-refractivity contribution is 6.76. The summed E-state index contributed by atoms with van der Waals surface area (Å²) in [6, 6.07) is 1.15. The predicted molar refractivity (Wildman–Crippen MR) is 67.5 cm³/mol. The van der Waals surface area contributed by atoms with Crippen molar-refractivity contribution in [2.75, 3.05) is 6.61 Å². The molecule has 0 aromatic rings. The fourth-order valence-electron chi connectivity index (χ4n) is 1.57. The minimum Gasteiger partial charge on any atom is -0.392 e. The van der Waals surface area contributed by atoms with Gasteiger partial charge in [-0.15, -0.1) is 0 Å². The normalized spacial score (nSPS) is 13.4. The number of aliphatic hydroxyl groups excluding tert-OH is 1. The standard InChI is InChI=1S/C12H26OSi/c1-5-6-7-8-9-12(10-13)11-14(2,3)4/h9,13H,5-8,10-11H2,1-4H3/b12-9+. The molecule has 0 rings (SSSR count). The van der Waals surface area contributed by atoms with Crippen LogP contribution in [0.2, 0.25) is 25.7 Å². The molecule has 0 aromatic carbocycles. The number of hydrogen-bond donors (Lipinski definition) is 1. The van der Waals surface area contributed by atoms with E-state index in [4.69, 9.17) is 0 Å². The first-order valence-electron chi connectivity index (χ1n) is 5.78. The second-order valence-electron chi connectivity index (χ2n) is 5.25. The molecule has 0 atom stereocenters. The van der Waals surface area contributed by atoms with Crippen LogP contribution in [0.25, 0.3) is 0 Å². The molecule has 0 amide bonds. The number of unbranched alkanes of at least 4 members (excludes halogenated alkanes) is 3. The van der Waals surface area contributed by atoms with Crippen LogP contribution in [-0.2, 0) is 0 Å². The molecule has 0 spiro atoms. The van der Waals surface area contributed by atoms with Gasteiger partial charge in [0, 0.05) is 8.07 Å². The maximum absolute atomic E-state index is 9.20. The maximum Gasteiger partial charge on any atom is 0.0639 e. The lowest BCUT2D eigenvalue weighted by Gasteiger charge is -2.17. The molecule has 0 fully saturated rings. The molecule has 14 heavy (non-hydrogen) atoms. The zero-order valence-corrected chi connectivity index (χ0v) is 11.3. The zero-order valence-electron chi connectivity index (χ0n) is 10.3. The summed E-state index contributed by atoms with van der Waals surface area (Å²) in [5, 5.41) is 9.20. The average molecular weight is 214 g/mol. The highest BCUT2D eigenvalue weighted by Gasteiger charge is 2.14. The van der Waals surface area contributed by atoms with Gasteiger partial charge in [-0.25, -0.2) is 0 Å². The van der Waals surface area contributed by atoms with Crippen LogP contribution in [0.5, 0.6) is 0 Å². The smallest absolute Gasteiger partial charge is 0.0639 e. The molecule has 0 heterocycles. The molecule has 0 aliphatic heterocycles. The van der Waals surface area contributed by atoms with Crippen molar-refractivity contribution in [1.29, 1.82) is 0 Å². The molecular weight excluding hydrogens is 188 g/mol. The van der Waals surface area contributed by atoms with Crippen LogP contribution in [0.4, 0.5) is 0 Å². The summed E-state index contributed by atoms with van der Waals surface area (Å²) < 4.78 is 0. The highest BCUT2D eigenvalue weighted by atomic mass is 28.3. The van der Waals surface area contributed by atoms with E-state index >= 15 is 0 Å². The Morgan fingerprint density at radius 2 is 1.86 bits per heavy atom. The lowest BCUT2D eigenvalue weighted by atomic mass is 10.1. The third-order valence-electron chi connectivity index (χ3n) is 2.20. The molecule has 0 unspecified atom stereocenters. The lowest BCUT2D eigenvalue weighted by Crippen LogP contribution is -2.20. The summed E-state index contributed by atoms with van der Waals surface area (Å²) in [6.07, 6.45) is 7.26. The van der Waals surface area contributed by atoms with Gasteiger partial charge in [0.1, 0.15) is 0 Å². The van der Waals surface area contributed by atoms with Gasteiger partial charge in [-0.1, -0.05) is 51.1 Å². The van der Waals surface area contributed by atoms with Crippen LogP contribution in [0.15, 0.2) is 11.6 Å². The van der Waals surface area contributed by atoms with Crippen LogP contribution < -0.4 is 0 Å². The molecule has 84 valence electrons. The molecule has 0 saturated carbocycles. The number of allylic oxidation sites excluding steroid dienone is 1. The topological polar surface area (TPSA) is 20.2 Å². The largest absolute Gasteiger partial charge is 0.392 e. The summed E-state index contributed by atoms with van der Waals surface area (Å²) in [6.45, 7) is 9.53. The quantitative estimate of drug-likeness (QED) is 0.388. The third-order valence-corrected chi connectivity index (χ3v) is 3.72. The summed E-state index contributed by atoms with van der Waals surface area (Å²) in [7, 11) is -1.04. The second-order valence-corrected chi connectivity index (χ2v) is 10.7. The van der Waals surface area contributed by atoms with Gasteiger partial charge >= 0.3 is 0 Å². The van der Waals surface area contributed by atoms with Gasteiger partial charge in [-0.05, 0) is 18.9 Å². The second kappa shape index (κ2) is 7.24. The molecule has 0 saturated heterocycles. The Labute approximate surface area is 90.2 Å². The molecule has 1 N–H and O–H groups in total. The molecule has 0 radical (unpaired) electrons. The SMILES string of the molecule is CCCCC/C=C(\CO)C[Si](C)(C)C. The number of rotatable bonds is 7. The van der Waals surface area contributed by atoms with Crippen LogP contribution >= 0.6 is 0 Å². The van der Waals surface area contributed by atoms with E-state index in [1.54, 1.807) is 0 Å². The van der Waals surface area contributed by atoms with E-state index in [2.05, 4.69) is 32.6 Å². The molecule has 0 aliphatic rings. The highest BCUT2D eigenvalue weighted by Crippen LogP contribution is 2.16. The van der Waals surface area contributed by atoms with E-state index in [1.807, 2.05) is 0 Å². The maximum atomic E-state index is 9.20. The minimum atomic E-state index is -1.04. The van der Waals surface area contributed by atoms with Gasteiger partial charge < -0.3 is 5.11 Å². The first-order valence-corrected chi connectivity index (χ1v) is 9.49. The molecule has 0 bridgehead atoms. The van der Waals surface area contributed by atoms with Crippen molar-refractivity contribution in [2.45, 2.75) is 58.3 Å². The van der Waals surface area contributed by atoms with Gasteiger partial charge in [0.2, 0.25) is 0 Å². The minimum absolute atomic E-state index is 0.260. The summed E-state index contributed by atoms with van der Waals surface area (Å²) in [4.78, 5) is 0. The van der Waals surface area contributed by atoms with Crippen LogP contribution in [0.3, 0.4) is 0 Å². The van der Waals surface area contributed by atoms with Crippen LogP contribution in [-0.4, -0.2) is 19.8 Å². The molecular formula is C12H26OSi. The first kappa shape index (κ1) is 13.9. The van der Waals surface area contributed by atoms with Crippen molar-refractivity contribution in [3.05, 3.63) is 11.6 Å². The van der Waals surface area contributed by atoms with Gasteiger partial charge in [-0.3, -0.25) is 0 Å². The van der Waals surface area contributed by atoms with Crippen molar-refractivity contribution in [2.24, 2.45) is 0 Å². The Kier molecular flexibility index (Phi) is 7.20. The van der Waals surface area contributed by atoms with Gasteiger partial charge in [0.05, 0.1) is 6.61 Å². The fraction of sp³-hybridized carbons (Fsp3) is 0.833. The Morgan fingerprint density at radius 1 is 1.21 bits per heavy atom. The zero-order chi connectivity index (χ0) is 11.0. The molecule has 0 aromatic heterocycles. The van der Waals surface area contributed by atoms with Crippen molar-refractivity contribution in [3.63, 3.8) is 0 Å². The third kappa shape index (κ3) is 8.51. The van der Waals surface area contributed by atoms with Gasteiger partial charge in [-0.2, -0.15) is 0 Å². The van der Waals surface area contributed by atoms with Crippen molar-refractivity contribution < 1.29 is 5.11 Å². The Balaban J connectivity index is 3.87. The molecule has 1 nitrogen and oxygen atoms in total. The van der Waals surface area contributed by atoms with E-state index < -0.39 is 8.07 Å². The van der Waals surface area contributed by atoms with Crippen LogP contribution in [0, 0.1) is 0 Å². The summed E-state index contributed by atoms with van der Waals surface area (Å²) in [5.41, 5.74) is 1.26. The van der Waals surface area contributed by atoms with Crippen molar-refractivity contribution in [1.82, 2.24) is 0 Å². The Hall–Kier alpha value is -0.0831. The van der Waals surface area contributed by atoms with Gasteiger partial charge in [0.25, 0.3) is 0 Å². The van der Waals surface area contributed by atoms with Crippen molar-refractivity contribution in [3.8, 4) is 0 Å². The van der Waals surface area contributed by atoms with Gasteiger partial charge in [0.15, 0.2) is 0 Å². The molecule has 2 heteroatoms.